The maximum Gasteiger partial charge on any atom is 0.162 e. The predicted octanol–water partition coefficient (Wildman–Crippen LogP) is 9.78. The minimum Gasteiger partial charge on any atom is -0.512 e. The fourth-order valence-electron chi connectivity index (χ4n) is 4.92. The second-order valence-corrected chi connectivity index (χ2v) is 12.1. The molecule has 0 saturated heterocycles. The number of fused-ring (bicyclic) bond motifs is 2. The molecule has 2 aromatic carbocycles. The van der Waals surface area contributed by atoms with E-state index in [4.69, 9.17) is 0 Å². The minimum absolute atomic E-state index is 0. The molecule has 0 atom stereocenters. The van der Waals surface area contributed by atoms with Crippen molar-refractivity contribution in [3.63, 3.8) is 0 Å². The van der Waals surface area contributed by atoms with Crippen LogP contribution in [0, 0.1) is 24.8 Å². The summed E-state index contributed by atoms with van der Waals surface area (Å²) in [6.45, 7) is 16.9. The minimum atomic E-state index is 0. The monoisotopic (exact) mass is 736 g/mol. The van der Waals surface area contributed by atoms with Gasteiger partial charge in [-0.2, -0.15) is 0 Å². The first-order valence-corrected chi connectivity index (χ1v) is 15.0. The molecule has 2 heterocycles. The summed E-state index contributed by atoms with van der Waals surface area (Å²) in [5.74, 6) is 0.547. The van der Waals surface area contributed by atoms with Gasteiger partial charge in [0, 0.05) is 48.4 Å². The number of benzene rings is 2. The molecule has 0 aliphatic carbocycles. The third kappa shape index (κ3) is 7.87. The Hall–Kier alpha value is -2.40. The summed E-state index contributed by atoms with van der Waals surface area (Å²) in [5, 5.41) is 14.3. The van der Waals surface area contributed by atoms with Gasteiger partial charge in [0.25, 0.3) is 0 Å². The standard InChI is InChI=1S/C21H19N2S.C13H24O2.Ir/c1-13-11-24-20-18(13)22-12-23-19(20)15-9-14-7-5-6-8-16(14)17(10-15)21(2,3)4;1-5-10(6-2)12(14)9-13(15)11(7-3)8-4;/h5-8,10-12H,1-4H3;9-11,14H,5-8H2,1-4H3;/q-1;;/b;12-9-;. The molecule has 1 N–H and O–H groups in total. The molecule has 217 valence electrons. The molecule has 0 aliphatic heterocycles. The van der Waals surface area contributed by atoms with Crippen molar-refractivity contribution in [1.29, 1.82) is 0 Å². The third-order valence-corrected chi connectivity index (χ3v) is 8.55. The molecule has 0 amide bonds. The Bertz CT molecular complexity index is 1440. The first-order chi connectivity index (χ1) is 18.5. The zero-order valence-electron chi connectivity index (χ0n) is 25.1. The van der Waals surface area contributed by atoms with Crippen LogP contribution in [0.4, 0.5) is 0 Å². The number of hydrogen-bond donors (Lipinski definition) is 1. The van der Waals surface area contributed by atoms with Crippen LogP contribution >= 0.6 is 11.3 Å². The van der Waals surface area contributed by atoms with Gasteiger partial charge < -0.3 is 5.11 Å². The molecule has 4 nitrogen and oxygen atoms in total. The fourth-order valence-corrected chi connectivity index (χ4v) is 5.92. The third-order valence-electron chi connectivity index (χ3n) is 7.45. The van der Waals surface area contributed by atoms with Gasteiger partial charge in [0.15, 0.2) is 5.78 Å². The van der Waals surface area contributed by atoms with Crippen LogP contribution in [-0.2, 0) is 30.3 Å². The molecule has 0 saturated carbocycles. The molecule has 4 aromatic rings. The molecule has 0 unspecified atom stereocenters. The Labute approximate surface area is 257 Å². The molecular weight excluding hydrogens is 693 g/mol. The van der Waals surface area contributed by atoms with E-state index < -0.39 is 0 Å². The van der Waals surface area contributed by atoms with E-state index in [0.29, 0.717) is 0 Å². The van der Waals surface area contributed by atoms with Gasteiger partial charge >= 0.3 is 0 Å². The SMILES string of the molecule is CCC(CC)C(=O)/C=C(\O)C(CC)CC.Cc1csc2c(-c3[c-]c4ccccc4c(C(C)(C)C)c3)ncnc12.[Ir]. The van der Waals surface area contributed by atoms with Crippen molar-refractivity contribution in [3.8, 4) is 11.3 Å². The summed E-state index contributed by atoms with van der Waals surface area (Å²) in [7, 11) is 0. The molecular formula is C34H43IrN2O2S-. The van der Waals surface area contributed by atoms with Gasteiger partial charge in [0.2, 0.25) is 0 Å². The summed E-state index contributed by atoms with van der Waals surface area (Å²) < 4.78 is 1.14. The Balaban J connectivity index is 0.000000307. The number of allylic oxidation sites excluding steroid dienone is 2. The number of aliphatic hydroxyl groups excluding tert-OH is 1. The van der Waals surface area contributed by atoms with Crippen molar-refractivity contribution in [2.24, 2.45) is 11.8 Å². The molecule has 40 heavy (non-hydrogen) atoms. The first kappa shape index (κ1) is 33.8. The molecule has 4 rings (SSSR count). The van der Waals surface area contributed by atoms with Crippen LogP contribution < -0.4 is 0 Å². The molecule has 0 bridgehead atoms. The summed E-state index contributed by atoms with van der Waals surface area (Å²) in [5.41, 5.74) is 5.66. The quantitative estimate of drug-likeness (QED) is 0.111. The Morgan fingerprint density at radius 1 is 1.02 bits per heavy atom. The van der Waals surface area contributed by atoms with E-state index in [1.54, 1.807) is 17.7 Å². The van der Waals surface area contributed by atoms with E-state index in [2.05, 4.69) is 79.4 Å². The maximum atomic E-state index is 11.7. The normalized spacial score (nSPS) is 12.0. The average molecular weight is 736 g/mol. The van der Waals surface area contributed by atoms with Gasteiger partial charge in [-0.3, -0.25) is 9.78 Å². The maximum absolute atomic E-state index is 11.7. The summed E-state index contributed by atoms with van der Waals surface area (Å²) in [6.07, 6.45) is 6.57. The number of carbonyl (C=O) groups is 1. The Morgan fingerprint density at radius 3 is 2.25 bits per heavy atom. The Morgan fingerprint density at radius 2 is 1.65 bits per heavy atom. The van der Waals surface area contributed by atoms with Gasteiger partial charge in [0.05, 0.1) is 11.3 Å². The summed E-state index contributed by atoms with van der Waals surface area (Å²) >= 11 is 1.71. The van der Waals surface area contributed by atoms with E-state index in [9.17, 15) is 9.90 Å². The molecule has 0 fully saturated rings. The zero-order valence-corrected chi connectivity index (χ0v) is 28.3. The van der Waals surface area contributed by atoms with Gasteiger partial charge in [-0.25, -0.2) is 4.98 Å². The zero-order chi connectivity index (χ0) is 28.7. The number of carbonyl (C=O) groups excluding carboxylic acids is 1. The molecule has 1 radical (unpaired) electrons. The molecule has 0 spiro atoms. The largest absolute Gasteiger partial charge is 0.512 e. The van der Waals surface area contributed by atoms with Crippen molar-refractivity contribution in [1.82, 2.24) is 9.97 Å². The molecule has 0 aliphatic rings. The summed E-state index contributed by atoms with van der Waals surface area (Å²) in [4.78, 5) is 20.7. The number of hydrogen-bond acceptors (Lipinski definition) is 5. The van der Waals surface area contributed by atoms with E-state index in [0.717, 1.165) is 52.5 Å². The van der Waals surface area contributed by atoms with E-state index in [-0.39, 0.29) is 48.9 Å². The van der Waals surface area contributed by atoms with Crippen molar-refractivity contribution >= 4 is 38.1 Å². The van der Waals surface area contributed by atoms with Gasteiger partial charge in [-0.15, -0.1) is 40.5 Å². The van der Waals surface area contributed by atoms with E-state index >= 15 is 0 Å². The number of ketones is 1. The van der Waals surface area contributed by atoms with Crippen LogP contribution in [0.15, 0.2) is 53.9 Å². The summed E-state index contributed by atoms with van der Waals surface area (Å²) in [6, 6.07) is 14.3. The van der Waals surface area contributed by atoms with Gasteiger partial charge in [-0.1, -0.05) is 77.6 Å². The van der Waals surface area contributed by atoms with Crippen molar-refractivity contribution < 1.29 is 30.0 Å². The van der Waals surface area contributed by atoms with Crippen LogP contribution in [-0.4, -0.2) is 20.9 Å². The van der Waals surface area contributed by atoms with E-state index in [1.807, 2.05) is 27.7 Å². The second-order valence-electron chi connectivity index (χ2n) is 11.2. The number of aliphatic hydroxyl groups is 1. The number of rotatable bonds is 8. The van der Waals surface area contributed by atoms with Crippen LogP contribution in [0.2, 0.25) is 0 Å². The molecule has 2 aromatic heterocycles. The first-order valence-electron chi connectivity index (χ1n) is 14.1. The van der Waals surface area contributed by atoms with Crippen molar-refractivity contribution in [2.75, 3.05) is 0 Å². The fraction of sp³-hybridized carbons (Fsp3) is 0.441. The Kier molecular flexibility index (Phi) is 12.7. The van der Waals surface area contributed by atoms with Crippen LogP contribution in [0.3, 0.4) is 0 Å². The van der Waals surface area contributed by atoms with Crippen LogP contribution in [0.5, 0.6) is 0 Å². The average Bonchev–Trinajstić information content (AvgIpc) is 3.30. The van der Waals surface area contributed by atoms with Crippen LogP contribution in [0.25, 0.3) is 32.2 Å². The van der Waals surface area contributed by atoms with Crippen molar-refractivity contribution in [2.45, 2.75) is 86.5 Å². The number of aromatic nitrogens is 2. The second kappa shape index (κ2) is 15.0. The smallest absolute Gasteiger partial charge is 0.162 e. The van der Waals surface area contributed by atoms with E-state index in [1.165, 1.54) is 22.6 Å². The van der Waals surface area contributed by atoms with Crippen LogP contribution in [0.1, 0.15) is 85.3 Å². The molecule has 6 heteroatoms. The van der Waals surface area contributed by atoms with Crippen molar-refractivity contribution in [3.05, 3.63) is 71.1 Å². The van der Waals surface area contributed by atoms with Gasteiger partial charge in [-0.05, 0) is 49.0 Å². The number of aryl methyl sites for hydroxylation is 1. The predicted molar refractivity (Wildman–Crippen MR) is 166 cm³/mol. The number of nitrogens with zero attached hydrogens (tertiary/aromatic N) is 2. The topological polar surface area (TPSA) is 63.1 Å². The number of thiophene rings is 1. The van der Waals surface area contributed by atoms with Gasteiger partial charge in [0.1, 0.15) is 6.33 Å².